The van der Waals surface area contributed by atoms with Gasteiger partial charge in [-0.3, -0.25) is 9.59 Å². The van der Waals surface area contributed by atoms with E-state index in [1.54, 1.807) is 13.0 Å². The van der Waals surface area contributed by atoms with Crippen molar-refractivity contribution in [2.75, 3.05) is 25.0 Å². The number of nitrogens with one attached hydrogen (secondary N) is 2. The van der Waals surface area contributed by atoms with Crippen LogP contribution in [0, 0.1) is 18.7 Å². The van der Waals surface area contributed by atoms with Crippen LogP contribution in [-0.2, 0) is 4.79 Å². The molecule has 1 aromatic heterocycles. The molecule has 0 bridgehead atoms. The van der Waals surface area contributed by atoms with E-state index < -0.39 is 11.7 Å². The summed E-state index contributed by atoms with van der Waals surface area (Å²) in [6.07, 6.45) is 2.71. The first-order valence-corrected chi connectivity index (χ1v) is 15.5. The van der Waals surface area contributed by atoms with Crippen molar-refractivity contribution in [1.82, 2.24) is 15.4 Å². The number of piperidine rings is 1. The first kappa shape index (κ1) is 31.4. The number of aryl methyl sites for hydroxylation is 1. The van der Waals surface area contributed by atoms with Gasteiger partial charge in [-0.15, -0.1) is 0 Å². The van der Waals surface area contributed by atoms with Crippen molar-refractivity contribution in [3.05, 3.63) is 106 Å². The molecule has 1 saturated heterocycles. The van der Waals surface area contributed by atoms with Gasteiger partial charge in [-0.25, -0.2) is 4.39 Å². The minimum Gasteiger partial charge on any atom is -0.360 e. The third-order valence-electron chi connectivity index (χ3n) is 8.27. The molecule has 0 radical (unpaired) electrons. The largest absolute Gasteiger partial charge is 0.360 e. The zero-order valence-corrected chi connectivity index (χ0v) is 26.0. The van der Waals surface area contributed by atoms with Gasteiger partial charge < -0.3 is 20.1 Å². The van der Waals surface area contributed by atoms with Crippen molar-refractivity contribution < 1.29 is 18.5 Å². The smallest absolute Gasteiger partial charge is 0.257 e. The molecule has 1 aliphatic heterocycles. The number of hydrogen-bond acceptors (Lipinski definition) is 5. The Balaban J connectivity index is 1.25. The molecule has 1 unspecified atom stereocenters. The van der Waals surface area contributed by atoms with E-state index in [1.807, 2.05) is 56.3 Å². The third-order valence-corrected chi connectivity index (χ3v) is 8.58. The van der Waals surface area contributed by atoms with Gasteiger partial charge in [0.05, 0.1) is 16.6 Å². The number of likely N-dealkylation sites (tertiary alicyclic amines) is 1. The van der Waals surface area contributed by atoms with E-state index in [2.05, 4.69) is 32.8 Å². The summed E-state index contributed by atoms with van der Waals surface area (Å²) in [7, 11) is 0. The number of carbonyl (C=O) groups excluding carboxylic acids is 2. The highest BCUT2D eigenvalue weighted by Crippen LogP contribution is 2.34. The molecule has 2 N–H and O–H groups in total. The van der Waals surface area contributed by atoms with E-state index in [4.69, 9.17) is 16.1 Å². The Morgan fingerprint density at radius 3 is 2.48 bits per heavy atom. The van der Waals surface area contributed by atoms with Crippen LogP contribution in [0.3, 0.4) is 0 Å². The molecule has 9 heteroatoms. The highest BCUT2D eigenvalue weighted by atomic mass is 35.5. The Morgan fingerprint density at radius 2 is 1.77 bits per heavy atom. The summed E-state index contributed by atoms with van der Waals surface area (Å²) in [6, 6.07) is 22.1. The lowest BCUT2D eigenvalue weighted by Gasteiger charge is -2.33. The second kappa shape index (κ2) is 14.2. The van der Waals surface area contributed by atoms with Crippen molar-refractivity contribution in [2.24, 2.45) is 5.92 Å². The summed E-state index contributed by atoms with van der Waals surface area (Å²) in [5.41, 5.74) is 3.37. The van der Waals surface area contributed by atoms with Crippen LogP contribution in [-0.4, -0.2) is 41.5 Å². The van der Waals surface area contributed by atoms with Crippen LogP contribution in [0.1, 0.15) is 72.3 Å². The van der Waals surface area contributed by atoms with Crippen LogP contribution in [0.15, 0.2) is 77.3 Å². The zero-order valence-electron chi connectivity index (χ0n) is 25.3. The summed E-state index contributed by atoms with van der Waals surface area (Å²) >= 11 is 6.30. The normalized spacial score (nSPS) is 14.9. The number of amides is 2. The second-order valence-electron chi connectivity index (χ2n) is 11.7. The lowest BCUT2D eigenvalue weighted by atomic mass is 9.89. The van der Waals surface area contributed by atoms with Gasteiger partial charge in [0.1, 0.15) is 22.8 Å². The lowest BCUT2D eigenvalue weighted by molar-refractivity contribution is -0.118. The van der Waals surface area contributed by atoms with Gasteiger partial charge in [-0.05, 0) is 80.6 Å². The SMILES string of the molecule is Cc1onc(-c2c(F)cccc2Cl)c1C(=O)NC(CCN1CCC(c2cccc(NC(=O)C(C)C)c2)CC1)c1ccccc1. The predicted octanol–water partition coefficient (Wildman–Crippen LogP) is 7.78. The standard InChI is InChI=1S/C35H38ClFN4O3/c1-22(2)34(42)38-27-12-7-11-26(21-27)24-15-18-41(19-16-24)20-17-30(25-9-5-4-6-10-25)39-35(43)31-23(3)44-40-33(31)32-28(36)13-8-14-29(32)37/h4-14,21-22,24,30H,15-20H2,1-3H3,(H,38,42)(H,39,43). The molecule has 1 fully saturated rings. The number of nitrogens with zero attached hydrogens (tertiary/aromatic N) is 2. The van der Waals surface area contributed by atoms with Crippen molar-refractivity contribution in [2.45, 2.75) is 52.0 Å². The van der Waals surface area contributed by atoms with Crippen LogP contribution >= 0.6 is 11.6 Å². The fourth-order valence-corrected chi connectivity index (χ4v) is 5.98. The van der Waals surface area contributed by atoms with Crippen molar-refractivity contribution >= 4 is 29.1 Å². The van der Waals surface area contributed by atoms with E-state index in [-0.39, 0.29) is 39.7 Å². The molecule has 230 valence electrons. The number of benzene rings is 3. The Kier molecular flexibility index (Phi) is 10.1. The van der Waals surface area contributed by atoms with E-state index in [0.717, 1.165) is 43.7 Å². The highest BCUT2D eigenvalue weighted by Gasteiger charge is 2.28. The molecule has 0 aliphatic carbocycles. The topological polar surface area (TPSA) is 87.5 Å². The van der Waals surface area contributed by atoms with Gasteiger partial charge in [-0.1, -0.05) is 79.1 Å². The summed E-state index contributed by atoms with van der Waals surface area (Å²) < 4.78 is 20.1. The lowest BCUT2D eigenvalue weighted by Crippen LogP contribution is -2.37. The first-order valence-electron chi connectivity index (χ1n) is 15.1. The maximum atomic E-state index is 14.8. The maximum Gasteiger partial charge on any atom is 0.257 e. The molecule has 4 aromatic rings. The number of anilines is 1. The quantitative estimate of drug-likeness (QED) is 0.190. The Hall–Kier alpha value is -4.01. The molecule has 2 heterocycles. The van der Waals surface area contributed by atoms with Gasteiger partial charge in [0.15, 0.2) is 0 Å². The van der Waals surface area contributed by atoms with Crippen LogP contribution in [0.4, 0.5) is 10.1 Å². The number of aromatic nitrogens is 1. The third kappa shape index (κ3) is 7.37. The van der Waals surface area contributed by atoms with Crippen molar-refractivity contribution in [3.8, 4) is 11.3 Å². The number of halogens is 2. The second-order valence-corrected chi connectivity index (χ2v) is 12.1. The monoisotopic (exact) mass is 616 g/mol. The van der Waals surface area contributed by atoms with E-state index >= 15 is 0 Å². The molecule has 2 amide bonds. The summed E-state index contributed by atoms with van der Waals surface area (Å²) in [6.45, 7) is 8.07. The van der Waals surface area contributed by atoms with Crippen LogP contribution in [0.5, 0.6) is 0 Å². The minimum atomic E-state index is -0.574. The maximum absolute atomic E-state index is 14.8. The van der Waals surface area contributed by atoms with Crippen LogP contribution in [0.25, 0.3) is 11.3 Å². The molecular weight excluding hydrogens is 579 g/mol. The van der Waals surface area contributed by atoms with Gasteiger partial charge in [0.2, 0.25) is 5.91 Å². The van der Waals surface area contributed by atoms with Crippen molar-refractivity contribution in [3.63, 3.8) is 0 Å². The fourth-order valence-electron chi connectivity index (χ4n) is 5.73. The van der Waals surface area contributed by atoms with Gasteiger partial charge in [-0.2, -0.15) is 0 Å². The summed E-state index contributed by atoms with van der Waals surface area (Å²) in [4.78, 5) is 28.3. The Labute approximate surface area is 262 Å². The summed E-state index contributed by atoms with van der Waals surface area (Å²) in [5.74, 6) is -0.307. The van der Waals surface area contributed by atoms with E-state index in [9.17, 15) is 14.0 Å². The molecule has 7 nitrogen and oxygen atoms in total. The van der Waals surface area contributed by atoms with Gasteiger partial charge >= 0.3 is 0 Å². The Bertz CT molecular complexity index is 1580. The van der Waals surface area contributed by atoms with Crippen molar-refractivity contribution in [1.29, 1.82) is 0 Å². The zero-order chi connectivity index (χ0) is 31.2. The number of hydrogen-bond donors (Lipinski definition) is 2. The minimum absolute atomic E-state index is 0.0171. The fraction of sp³-hybridized carbons (Fsp3) is 0.343. The average Bonchev–Trinajstić information content (AvgIpc) is 3.40. The molecule has 1 atom stereocenters. The molecule has 3 aromatic carbocycles. The summed E-state index contributed by atoms with van der Waals surface area (Å²) in [5, 5.41) is 10.3. The Morgan fingerprint density at radius 1 is 1.05 bits per heavy atom. The predicted molar refractivity (Wildman–Crippen MR) is 171 cm³/mol. The number of carbonyl (C=O) groups is 2. The van der Waals surface area contributed by atoms with Crippen LogP contribution < -0.4 is 10.6 Å². The average molecular weight is 617 g/mol. The number of rotatable bonds is 10. The van der Waals surface area contributed by atoms with E-state index in [1.165, 1.54) is 17.7 Å². The van der Waals surface area contributed by atoms with Gasteiger partial charge in [0, 0.05) is 18.2 Å². The van der Waals surface area contributed by atoms with Crippen LogP contribution in [0.2, 0.25) is 5.02 Å². The molecular formula is C35H38ClFN4O3. The first-order chi connectivity index (χ1) is 21.2. The molecule has 44 heavy (non-hydrogen) atoms. The molecule has 0 saturated carbocycles. The molecule has 0 spiro atoms. The molecule has 1 aliphatic rings. The molecule has 5 rings (SSSR count). The van der Waals surface area contributed by atoms with Gasteiger partial charge in [0.25, 0.3) is 5.91 Å². The highest BCUT2D eigenvalue weighted by molar-refractivity contribution is 6.33. The van der Waals surface area contributed by atoms with E-state index in [0.29, 0.717) is 18.1 Å².